The van der Waals surface area contributed by atoms with Crippen LogP contribution < -0.4 is 15.5 Å². The van der Waals surface area contributed by atoms with Gasteiger partial charge in [-0.15, -0.1) is 0 Å². The van der Waals surface area contributed by atoms with Crippen LogP contribution in [0.15, 0.2) is 36.4 Å². The van der Waals surface area contributed by atoms with Crippen molar-refractivity contribution in [3.05, 3.63) is 42.0 Å². The molecule has 5 heteroatoms. The molecule has 2 amide bonds. The van der Waals surface area contributed by atoms with Gasteiger partial charge in [0.05, 0.1) is 6.04 Å². The lowest BCUT2D eigenvalue weighted by Gasteiger charge is -2.30. The Morgan fingerprint density at radius 3 is 2.71 bits per heavy atom. The summed E-state index contributed by atoms with van der Waals surface area (Å²) in [6, 6.07) is 7.96. The standard InChI is InChI=1S/C23H31N3O2/c27-22(26-15-13-18-8-4-5-9-21(18)26)11-10-19(16-17-6-2-1-3-7-17)25-23(28)20-12-14-24-20/h4-5,8-11,17,19-20,24H,1-3,6-7,12-16H2,(H,25,28)/t19-,20+/m1/s1. The third kappa shape index (κ3) is 4.46. The van der Waals surface area contributed by atoms with Crippen LogP contribution in [0.4, 0.5) is 5.69 Å². The van der Waals surface area contributed by atoms with Crippen molar-refractivity contribution >= 4 is 17.5 Å². The van der Waals surface area contributed by atoms with Gasteiger partial charge in [0, 0.05) is 24.4 Å². The van der Waals surface area contributed by atoms with Crippen molar-refractivity contribution in [2.24, 2.45) is 5.92 Å². The number of carbonyl (C=O) groups is 2. The monoisotopic (exact) mass is 381 g/mol. The average Bonchev–Trinajstić information content (AvgIpc) is 3.09. The molecule has 5 nitrogen and oxygen atoms in total. The first kappa shape index (κ1) is 19.2. The highest BCUT2D eigenvalue weighted by atomic mass is 16.2. The molecular formula is C23H31N3O2. The van der Waals surface area contributed by atoms with E-state index >= 15 is 0 Å². The van der Waals surface area contributed by atoms with Crippen LogP contribution in [-0.2, 0) is 16.0 Å². The Bertz CT molecular complexity index is 735. The van der Waals surface area contributed by atoms with Crippen LogP contribution in [0.1, 0.15) is 50.5 Å². The van der Waals surface area contributed by atoms with Gasteiger partial charge in [-0.3, -0.25) is 9.59 Å². The van der Waals surface area contributed by atoms with Crippen LogP contribution in [0.3, 0.4) is 0 Å². The van der Waals surface area contributed by atoms with Crippen LogP contribution in [0.2, 0.25) is 0 Å². The van der Waals surface area contributed by atoms with E-state index in [1.54, 1.807) is 6.08 Å². The van der Waals surface area contributed by atoms with Gasteiger partial charge in [0.25, 0.3) is 5.91 Å². The smallest absolute Gasteiger partial charge is 0.250 e. The summed E-state index contributed by atoms with van der Waals surface area (Å²) in [5.74, 6) is 0.714. The molecule has 2 N–H and O–H groups in total. The quantitative estimate of drug-likeness (QED) is 0.745. The van der Waals surface area contributed by atoms with Crippen LogP contribution in [0.25, 0.3) is 0 Å². The molecule has 2 aliphatic heterocycles. The number of nitrogens with one attached hydrogen (secondary N) is 2. The molecule has 2 heterocycles. The average molecular weight is 382 g/mol. The molecule has 1 aromatic carbocycles. The third-order valence-electron chi connectivity index (χ3n) is 6.40. The summed E-state index contributed by atoms with van der Waals surface area (Å²) in [6.07, 6.45) is 12.7. The lowest BCUT2D eigenvalue weighted by Crippen LogP contribution is -2.55. The summed E-state index contributed by atoms with van der Waals surface area (Å²) < 4.78 is 0. The first-order chi connectivity index (χ1) is 13.7. The number of hydrogen-bond acceptors (Lipinski definition) is 3. The summed E-state index contributed by atoms with van der Waals surface area (Å²) >= 11 is 0. The Morgan fingerprint density at radius 2 is 1.96 bits per heavy atom. The van der Waals surface area contributed by atoms with Crippen molar-refractivity contribution in [1.29, 1.82) is 0 Å². The summed E-state index contributed by atoms with van der Waals surface area (Å²) in [5.41, 5.74) is 2.25. The van der Waals surface area contributed by atoms with E-state index in [1.165, 1.54) is 37.7 Å². The second-order valence-electron chi connectivity index (χ2n) is 8.38. The van der Waals surface area contributed by atoms with E-state index in [0.29, 0.717) is 5.92 Å². The van der Waals surface area contributed by atoms with Crippen LogP contribution in [0.5, 0.6) is 0 Å². The second-order valence-corrected chi connectivity index (χ2v) is 8.38. The molecule has 0 unspecified atom stereocenters. The van der Waals surface area contributed by atoms with Gasteiger partial charge in [-0.25, -0.2) is 0 Å². The minimum absolute atomic E-state index is 0.00890. The Balaban J connectivity index is 1.41. The van der Waals surface area contributed by atoms with E-state index < -0.39 is 0 Å². The van der Waals surface area contributed by atoms with E-state index in [0.717, 1.165) is 38.0 Å². The molecule has 4 rings (SSSR count). The maximum atomic E-state index is 12.8. The lowest BCUT2D eigenvalue weighted by molar-refractivity contribution is -0.125. The zero-order valence-electron chi connectivity index (χ0n) is 16.5. The van der Waals surface area contributed by atoms with Crippen LogP contribution in [-0.4, -0.2) is 37.0 Å². The fourth-order valence-electron chi connectivity index (χ4n) is 4.62. The van der Waals surface area contributed by atoms with Crippen molar-refractivity contribution in [1.82, 2.24) is 10.6 Å². The number of carbonyl (C=O) groups excluding carboxylic acids is 2. The maximum absolute atomic E-state index is 12.8. The largest absolute Gasteiger partial charge is 0.349 e. The molecule has 1 saturated carbocycles. The molecule has 0 bridgehead atoms. The van der Waals surface area contributed by atoms with Gasteiger partial charge in [0.1, 0.15) is 0 Å². The molecule has 0 aromatic heterocycles. The normalized spacial score (nSPS) is 23.3. The Hall–Kier alpha value is -2.14. The van der Waals surface area contributed by atoms with Gasteiger partial charge in [0.2, 0.25) is 5.91 Å². The molecule has 3 aliphatic rings. The van der Waals surface area contributed by atoms with Gasteiger partial charge >= 0.3 is 0 Å². The predicted molar refractivity (Wildman–Crippen MR) is 111 cm³/mol. The van der Waals surface area contributed by atoms with Gasteiger partial charge in [0.15, 0.2) is 0 Å². The van der Waals surface area contributed by atoms with Crippen LogP contribution >= 0.6 is 0 Å². The topological polar surface area (TPSA) is 61.4 Å². The Labute approximate surface area is 167 Å². The van der Waals surface area contributed by atoms with E-state index in [9.17, 15) is 9.59 Å². The second kappa shape index (κ2) is 8.91. The number of hydrogen-bond donors (Lipinski definition) is 2. The van der Waals surface area contributed by atoms with Gasteiger partial charge in [-0.05, 0) is 43.4 Å². The highest BCUT2D eigenvalue weighted by Crippen LogP contribution is 2.29. The molecule has 0 spiro atoms. The summed E-state index contributed by atoms with van der Waals surface area (Å²) in [5, 5.41) is 6.34. The van der Waals surface area contributed by atoms with E-state index in [-0.39, 0.29) is 23.9 Å². The molecular weight excluding hydrogens is 350 g/mol. The van der Waals surface area contributed by atoms with Crippen molar-refractivity contribution in [2.45, 2.75) is 63.5 Å². The first-order valence-corrected chi connectivity index (χ1v) is 10.8. The highest BCUT2D eigenvalue weighted by molar-refractivity contribution is 6.03. The summed E-state index contributed by atoms with van der Waals surface area (Å²) in [6.45, 7) is 1.64. The zero-order chi connectivity index (χ0) is 19.3. The number of para-hydroxylation sites is 1. The van der Waals surface area contributed by atoms with Crippen LogP contribution in [0, 0.1) is 5.92 Å². The van der Waals surface area contributed by atoms with Gasteiger partial charge < -0.3 is 15.5 Å². The fourth-order valence-corrected chi connectivity index (χ4v) is 4.62. The number of benzene rings is 1. The molecule has 1 saturated heterocycles. The third-order valence-corrected chi connectivity index (χ3v) is 6.40. The SMILES string of the molecule is O=C(N[C@H](C=CC(=O)N1CCc2ccccc21)CC1CCCCC1)[C@@H]1CCN1. The summed E-state index contributed by atoms with van der Waals surface area (Å²) in [7, 11) is 0. The number of rotatable bonds is 6. The molecule has 150 valence electrons. The number of anilines is 1. The molecule has 1 aliphatic carbocycles. The zero-order valence-corrected chi connectivity index (χ0v) is 16.5. The fraction of sp³-hybridized carbons (Fsp3) is 0.565. The highest BCUT2D eigenvalue weighted by Gasteiger charge is 2.27. The number of fused-ring (bicyclic) bond motifs is 1. The molecule has 0 radical (unpaired) electrons. The van der Waals surface area contributed by atoms with Crippen molar-refractivity contribution in [3.8, 4) is 0 Å². The van der Waals surface area contributed by atoms with Crippen molar-refractivity contribution in [2.75, 3.05) is 18.0 Å². The molecule has 2 atom stereocenters. The van der Waals surface area contributed by atoms with Gasteiger partial charge in [-0.2, -0.15) is 0 Å². The number of nitrogens with zero attached hydrogens (tertiary/aromatic N) is 1. The summed E-state index contributed by atoms with van der Waals surface area (Å²) in [4.78, 5) is 27.1. The maximum Gasteiger partial charge on any atom is 0.250 e. The van der Waals surface area contributed by atoms with Crippen molar-refractivity contribution in [3.63, 3.8) is 0 Å². The minimum Gasteiger partial charge on any atom is -0.349 e. The Kier molecular flexibility index (Phi) is 6.10. The predicted octanol–water partition coefficient (Wildman–Crippen LogP) is 2.95. The first-order valence-electron chi connectivity index (χ1n) is 10.8. The van der Waals surface area contributed by atoms with E-state index in [4.69, 9.17) is 0 Å². The minimum atomic E-state index is -0.0696. The molecule has 2 fully saturated rings. The number of amides is 2. The molecule has 28 heavy (non-hydrogen) atoms. The van der Waals surface area contributed by atoms with Crippen molar-refractivity contribution < 1.29 is 9.59 Å². The van der Waals surface area contributed by atoms with E-state index in [1.807, 2.05) is 29.2 Å². The lowest BCUT2D eigenvalue weighted by atomic mass is 9.84. The van der Waals surface area contributed by atoms with Gasteiger partial charge in [-0.1, -0.05) is 56.4 Å². The van der Waals surface area contributed by atoms with E-state index in [2.05, 4.69) is 16.7 Å². The Morgan fingerprint density at radius 1 is 1.18 bits per heavy atom. The molecule has 1 aromatic rings.